The largest absolute Gasteiger partial charge is 0.427 e. The Bertz CT molecular complexity index is 989. The molecule has 3 aromatic rings. The van der Waals surface area contributed by atoms with Gasteiger partial charge in [-0.3, -0.25) is 14.5 Å². The average Bonchev–Trinajstić information content (AvgIpc) is 2.80. The second kappa shape index (κ2) is 9.58. The minimum Gasteiger partial charge on any atom is -0.427 e. The minimum absolute atomic E-state index is 0.0374. The summed E-state index contributed by atoms with van der Waals surface area (Å²) in [7, 11) is 0. The van der Waals surface area contributed by atoms with E-state index in [0.717, 1.165) is 13.1 Å². The fourth-order valence-electron chi connectivity index (χ4n) is 4.11. The molecule has 0 aromatic heterocycles. The Kier molecular flexibility index (Phi) is 6.43. The Hall–Kier alpha value is -3.44. The summed E-state index contributed by atoms with van der Waals surface area (Å²) in [4.78, 5) is 28.5. The highest BCUT2D eigenvalue weighted by atomic mass is 16.5. The van der Waals surface area contributed by atoms with Crippen molar-refractivity contribution in [3.63, 3.8) is 0 Å². The standard InChI is InChI=1S/C26H26N2O3/c1-20(29)31-24-14-8-13-23(19-24)26(30)28-17-15-27(16-18-28)25(21-9-4-2-5-10-21)22-11-6-3-7-12-22/h2-14,19,25H,15-18H2,1H3. The van der Waals surface area contributed by atoms with Gasteiger partial charge >= 0.3 is 5.97 Å². The van der Waals surface area contributed by atoms with Crippen LogP contribution in [0.15, 0.2) is 84.9 Å². The van der Waals surface area contributed by atoms with Gasteiger partial charge < -0.3 is 9.64 Å². The van der Waals surface area contributed by atoms with Crippen LogP contribution in [0.25, 0.3) is 0 Å². The molecule has 1 saturated heterocycles. The van der Waals surface area contributed by atoms with Crippen LogP contribution in [-0.4, -0.2) is 47.9 Å². The monoisotopic (exact) mass is 414 g/mol. The van der Waals surface area contributed by atoms with E-state index in [-0.39, 0.29) is 11.9 Å². The molecule has 0 spiro atoms. The molecule has 0 atom stereocenters. The Balaban J connectivity index is 1.48. The molecule has 1 aliphatic rings. The minimum atomic E-state index is -0.397. The van der Waals surface area contributed by atoms with Gasteiger partial charge in [-0.2, -0.15) is 0 Å². The molecular weight excluding hydrogens is 388 g/mol. The van der Waals surface area contributed by atoms with E-state index in [1.165, 1.54) is 18.1 Å². The van der Waals surface area contributed by atoms with E-state index >= 15 is 0 Å². The molecule has 0 N–H and O–H groups in total. The molecule has 0 saturated carbocycles. The lowest BCUT2D eigenvalue weighted by Crippen LogP contribution is -2.49. The van der Waals surface area contributed by atoms with Crippen molar-refractivity contribution in [2.45, 2.75) is 13.0 Å². The molecular formula is C26H26N2O3. The second-order valence-electron chi connectivity index (χ2n) is 7.67. The number of hydrogen-bond donors (Lipinski definition) is 0. The maximum absolute atomic E-state index is 13.0. The van der Waals surface area contributed by atoms with Crippen LogP contribution in [0.2, 0.25) is 0 Å². The zero-order valence-electron chi connectivity index (χ0n) is 17.6. The van der Waals surface area contributed by atoms with Gasteiger partial charge in [0.2, 0.25) is 0 Å². The Morgan fingerprint density at radius 1 is 0.774 bits per heavy atom. The SMILES string of the molecule is CC(=O)Oc1cccc(C(=O)N2CCN(C(c3ccccc3)c3ccccc3)CC2)c1. The summed E-state index contributed by atoms with van der Waals surface area (Å²) in [6.07, 6.45) is 0. The molecule has 1 fully saturated rings. The number of carbonyl (C=O) groups excluding carboxylic acids is 2. The van der Waals surface area contributed by atoms with Crippen molar-refractivity contribution >= 4 is 11.9 Å². The van der Waals surface area contributed by atoms with Crippen LogP contribution < -0.4 is 4.74 Å². The van der Waals surface area contributed by atoms with Gasteiger partial charge in [0.25, 0.3) is 5.91 Å². The lowest BCUT2D eigenvalue weighted by atomic mass is 9.96. The van der Waals surface area contributed by atoms with Gasteiger partial charge in [-0.05, 0) is 29.3 Å². The molecule has 5 heteroatoms. The smallest absolute Gasteiger partial charge is 0.308 e. The molecule has 4 rings (SSSR count). The number of piperazine rings is 1. The fraction of sp³-hybridized carbons (Fsp3) is 0.231. The molecule has 0 unspecified atom stereocenters. The third-order valence-electron chi connectivity index (χ3n) is 5.54. The second-order valence-corrected chi connectivity index (χ2v) is 7.67. The van der Waals surface area contributed by atoms with E-state index < -0.39 is 5.97 Å². The maximum Gasteiger partial charge on any atom is 0.308 e. The van der Waals surface area contributed by atoms with E-state index in [2.05, 4.69) is 53.4 Å². The van der Waals surface area contributed by atoms with Crippen LogP contribution in [0.3, 0.4) is 0 Å². The zero-order valence-corrected chi connectivity index (χ0v) is 17.6. The van der Waals surface area contributed by atoms with Gasteiger partial charge in [-0.1, -0.05) is 66.7 Å². The van der Waals surface area contributed by atoms with Crippen LogP contribution >= 0.6 is 0 Å². The number of hydrogen-bond acceptors (Lipinski definition) is 4. The number of nitrogens with zero attached hydrogens (tertiary/aromatic N) is 2. The summed E-state index contributed by atoms with van der Waals surface area (Å²) in [6.45, 7) is 4.21. The summed E-state index contributed by atoms with van der Waals surface area (Å²) in [5.74, 6) is -0.0408. The summed E-state index contributed by atoms with van der Waals surface area (Å²) in [6, 6.07) is 28.0. The maximum atomic E-state index is 13.0. The first kappa shape index (κ1) is 20.8. The Labute approximate surface area is 182 Å². The summed E-state index contributed by atoms with van der Waals surface area (Å²) >= 11 is 0. The van der Waals surface area contributed by atoms with Gasteiger partial charge in [0.1, 0.15) is 5.75 Å². The van der Waals surface area contributed by atoms with Crippen LogP contribution in [0.5, 0.6) is 5.75 Å². The van der Waals surface area contributed by atoms with Gasteiger partial charge in [-0.15, -0.1) is 0 Å². The van der Waals surface area contributed by atoms with Crippen molar-refractivity contribution in [1.82, 2.24) is 9.80 Å². The lowest BCUT2D eigenvalue weighted by Gasteiger charge is -2.39. The summed E-state index contributed by atoms with van der Waals surface area (Å²) in [5, 5.41) is 0. The third kappa shape index (κ3) is 5.01. The molecule has 31 heavy (non-hydrogen) atoms. The lowest BCUT2D eigenvalue weighted by molar-refractivity contribution is -0.131. The van der Waals surface area contributed by atoms with Crippen LogP contribution in [0.1, 0.15) is 34.5 Å². The van der Waals surface area contributed by atoms with Gasteiger partial charge in [0.15, 0.2) is 0 Å². The molecule has 1 heterocycles. The molecule has 5 nitrogen and oxygen atoms in total. The van der Waals surface area contributed by atoms with E-state index in [1.54, 1.807) is 24.3 Å². The van der Waals surface area contributed by atoms with E-state index in [4.69, 9.17) is 4.74 Å². The quantitative estimate of drug-likeness (QED) is 0.465. The first-order chi connectivity index (χ1) is 15.1. The highest BCUT2D eigenvalue weighted by molar-refractivity contribution is 5.94. The number of rotatable bonds is 5. The molecule has 3 aromatic carbocycles. The number of benzene rings is 3. The predicted octanol–water partition coefficient (Wildman–Crippen LogP) is 4.16. The molecule has 0 bridgehead atoms. The van der Waals surface area contributed by atoms with E-state index in [1.807, 2.05) is 17.0 Å². The Morgan fingerprint density at radius 2 is 1.35 bits per heavy atom. The van der Waals surface area contributed by atoms with Gasteiger partial charge in [-0.25, -0.2) is 0 Å². The van der Waals surface area contributed by atoms with Crippen LogP contribution in [0, 0.1) is 0 Å². The van der Waals surface area contributed by atoms with Crippen molar-refractivity contribution in [1.29, 1.82) is 0 Å². The normalized spacial score (nSPS) is 14.5. The van der Waals surface area contributed by atoms with Crippen molar-refractivity contribution in [3.05, 3.63) is 102 Å². The number of amides is 1. The molecule has 1 amide bonds. The van der Waals surface area contributed by atoms with E-state index in [0.29, 0.717) is 24.4 Å². The number of carbonyl (C=O) groups is 2. The fourth-order valence-corrected chi connectivity index (χ4v) is 4.11. The highest BCUT2D eigenvalue weighted by Crippen LogP contribution is 2.29. The number of ether oxygens (including phenoxy) is 1. The summed E-state index contributed by atoms with van der Waals surface area (Å²) in [5.41, 5.74) is 3.04. The molecule has 158 valence electrons. The average molecular weight is 415 g/mol. The van der Waals surface area contributed by atoms with Gasteiger partial charge in [0, 0.05) is 38.7 Å². The topological polar surface area (TPSA) is 49.9 Å². The predicted molar refractivity (Wildman–Crippen MR) is 120 cm³/mol. The zero-order chi connectivity index (χ0) is 21.6. The van der Waals surface area contributed by atoms with Crippen molar-refractivity contribution in [3.8, 4) is 5.75 Å². The first-order valence-electron chi connectivity index (χ1n) is 10.5. The van der Waals surface area contributed by atoms with Crippen molar-refractivity contribution in [2.75, 3.05) is 26.2 Å². The van der Waals surface area contributed by atoms with Crippen LogP contribution in [-0.2, 0) is 4.79 Å². The third-order valence-corrected chi connectivity index (χ3v) is 5.54. The van der Waals surface area contributed by atoms with Crippen molar-refractivity contribution < 1.29 is 14.3 Å². The van der Waals surface area contributed by atoms with E-state index in [9.17, 15) is 9.59 Å². The van der Waals surface area contributed by atoms with Crippen molar-refractivity contribution in [2.24, 2.45) is 0 Å². The highest BCUT2D eigenvalue weighted by Gasteiger charge is 2.28. The molecule has 0 aliphatic carbocycles. The Morgan fingerprint density at radius 3 is 1.90 bits per heavy atom. The molecule has 0 radical (unpaired) electrons. The summed E-state index contributed by atoms with van der Waals surface area (Å²) < 4.78 is 5.12. The number of esters is 1. The first-order valence-corrected chi connectivity index (χ1v) is 10.5. The van der Waals surface area contributed by atoms with Crippen LogP contribution in [0.4, 0.5) is 0 Å². The van der Waals surface area contributed by atoms with Gasteiger partial charge in [0.05, 0.1) is 6.04 Å². The molecule has 1 aliphatic heterocycles.